The number of hydrogen-bond donors (Lipinski definition) is 1. The summed E-state index contributed by atoms with van der Waals surface area (Å²) < 4.78 is 0.966. The quantitative estimate of drug-likeness (QED) is 0.607. The Morgan fingerprint density at radius 3 is 2.32 bits per heavy atom. The summed E-state index contributed by atoms with van der Waals surface area (Å²) in [6.45, 7) is 6.76. The molecule has 0 aliphatic heterocycles. The van der Waals surface area contributed by atoms with Crippen LogP contribution in [0.25, 0.3) is 0 Å². The molecule has 0 aromatic heterocycles. The van der Waals surface area contributed by atoms with Gasteiger partial charge in [0.05, 0.1) is 6.42 Å². The molecular formula is C22H26BrClN2O2. The number of hydrogen-bond acceptors (Lipinski definition) is 2. The van der Waals surface area contributed by atoms with Gasteiger partial charge in [0.15, 0.2) is 0 Å². The van der Waals surface area contributed by atoms with Crippen LogP contribution in [0.1, 0.15) is 31.9 Å². The van der Waals surface area contributed by atoms with Gasteiger partial charge in [-0.2, -0.15) is 0 Å². The van der Waals surface area contributed by atoms with Crippen LogP contribution in [0.5, 0.6) is 0 Å². The van der Waals surface area contributed by atoms with Gasteiger partial charge in [0.1, 0.15) is 6.04 Å². The van der Waals surface area contributed by atoms with Gasteiger partial charge >= 0.3 is 0 Å². The predicted octanol–water partition coefficient (Wildman–Crippen LogP) is 4.83. The van der Waals surface area contributed by atoms with E-state index in [0.29, 0.717) is 24.0 Å². The highest BCUT2D eigenvalue weighted by atomic mass is 79.9. The van der Waals surface area contributed by atoms with E-state index >= 15 is 0 Å². The molecule has 6 heteroatoms. The van der Waals surface area contributed by atoms with Crippen LogP contribution in [0.4, 0.5) is 0 Å². The summed E-state index contributed by atoms with van der Waals surface area (Å²) in [5.41, 5.74) is 1.71. The van der Waals surface area contributed by atoms with Gasteiger partial charge in [-0.15, -0.1) is 0 Å². The van der Waals surface area contributed by atoms with Crippen LogP contribution in [-0.2, 0) is 22.6 Å². The Balaban J connectivity index is 2.21. The largest absolute Gasteiger partial charge is 0.354 e. The fraction of sp³-hybridized carbons (Fsp3) is 0.364. The third-order valence-electron chi connectivity index (χ3n) is 4.42. The molecular weight excluding hydrogens is 440 g/mol. The number of amides is 2. The Hall–Kier alpha value is -1.85. The van der Waals surface area contributed by atoms with E-state index in [1.807, 2.05) is 56.3 Å². The number of rotatable bonds is 8. The molecule has 4 nitrogen and oxygen atoms in total. The Bertz CT molecular complexity index is 808. The first kappa shape index (κ1) is 22.4. The molecule has 28 heavy (non-hydrogen) atoms. The molecule has 0 fully saturated rings. The van der Waals surface area contributed by atoms with E-state index in [2.05, 4.69) is 21.2 Å². The molecule has 1 atom stereocenters. The SMILES string of the molecule is CC(C)CNC(=O)[C@H](C)N(Cc1ccc(Br)cc1)C(=O)Cc1ccccc1Cl. The fourth-order valence-corrected chi connectivity index (χ4v) is 3.19. The molecule has 0 unspecified atom stereocenters. The van der Waals surface area contributed by atoms with Crippen molar-refractivity contribution < 1.29 is 9.59 Å². The fourth-order valence-electron chi connectivity index (χ4n) is 2.73. The first-order valence-electron chi connectivity index (χ1n) is 9.33. The van der Waals surface area contributed by atoms with E-state index in [9.17, 15) is 9.59 Å². The molecule has 0 radical (unpaired) electrons. The molecule has 150 valence electrons. The summed E-state index contributed by atoms with van der Waals surface area (Å²) in [7, 11) is 0. The van der Waals surface area contributed by atoms with E-state index in [1.54, 1.807) is 17.9 Å². The topological polar surface area (TPSA) is 49.4 Å². The molecule has 2 aromatic carbocycles. The van der Waals surface area contributed by atoms with Crippen LogP contribution in [0, 0.1) is 5.92 Å². The monoisotopic (exact) mass is 464 g/mol. The predicted molar refractivity (Wildman–Crippen MR) is 117 cm³/mol. The zero-order chi connectivity index (χ0) is 20.7. The molecule has 2 rings (SSSR count). The van der Waals surface area contributed by atoms with Crippen molar-refractivity contribution in [2.75, 3.05) is 6.54 Å². The summed E-state index contributed by atoms with van der Waals surface area (Å²) in [6.07, 6.45) is 0.151. The molecule has 0 saturated carbocycles. The molecule has 0 saturated heterocycles. The minimum Gasteiger partial charge on any atom is -0.354 e. The Labute approximate surface area is 180 Å². The van der Waals surface area contributed by atoms with E-state index in [4.69, 9.17) is 11.6 Å². The highest BCUT2D eigenvalue weighted by Crippen LogP contribution is 2.19. The van der Waals surface area contributed by atoms with Crippen LogP contribution in [0.15, 0.2) is 53.0 Å². The molecule has 0 spiro atoms. The Kier molecular flexibility index (Phi) is 8.52. The third kappa shape index (κ3) is 6.64. The number of benzene rings is 2. The molecule has 0 aliphatic carbocycles. The van der Waals surface area contributed by atoms with Gasteiger partial charge in [0.25, 0.3) is 0 Å². The van der Waals surface area contributed by atoms with Crippen molar-refractivity contribution in [2.24, 2.45) is 5.92 Å². The van der Waals surface area contributed by atoms with Gasteiger partial charge in [-0.05, 0) is 42.2 Å². The Morgan fingerprint density at radius 1 is 1.07 bits per heavy atom. The maximum atomic E-state index is 13.1. The molecule has 0 heterocycles. The zero-order valence-corrected chi connectivity index (χ0v) is 18.8. The number of nitrogens with zero attached hydrogens (tertiary/aromatic N) is 1. The number of nitrogens with one attached hydrogen (secondary N) is 1. The smallest absolute Gasteiger partial charge is 0.242 e. The number of carbonyl (C=O) groups is 2. The summed E-state index contributed by atoms with van der Waals surface area (Å²) in [5.74, 6) is 0.0523. The number of halogens is 2. The van der Waals surface area contributed by atoms with Crippen molar-refractivity contribution in [2.45, 2.75) is 39.8 Å². The van der Waals surface area contributed by atoms with E-state index < -0.39 is 6.04 Å². The highest BCUT2D eigenvalue weighted by Gasteiger charge is 2.26. The van der Waals surface area contributed by atoms with Gasteiger partial charge in [0.2, 0.25) is 11.8 Å². The van der Waals surface area contributed by atoms with Gasteiger partial charge in [-0.3, -0.25) is 9.59 Å². The number of carbonyl (C=O) groups excluding carboxylic acids is 2. The van der Waals surface area contributed by atoms with E-state index in [-0.39, 0.29) is 18.2 Å². The lowest BCUT2D eigenvalue weighted by atomic mass is 10.1. The first-order valence-corrected chi connectivity index (χ1v) is 10.5. The maximum Gasteiger partial charge on any atom is 0.242 e. The van der Waals surface area contributed by atoms with E-state index in [0.717, 1.165) is 15.6 Å². The van der Waals surface area contributed by atoms with Crippen molar-refractivity contribution in [1.29, 1.82) is 0 Å². The summed E-state index contributed by atoms with van der Waals surface area (Å²) in [5, 5.41) is 3.47. The molecule has 2 amide bonds. The Morgan fingerprint density at radius 2 is 1.71 bits per heavy atom. The third-order valence-corrected chi connectivity index (χ3v) is 5.31. The second-order valence-electron chi connectivity index (χ2n) is 7.23. The molecule has 0 bridgehead atoms. The van der Waals surface area contributed by atoms with Gasteiger partial charge in [-0.25, -0.2) is 0 Å². The normalized spacial score (nSPS) is 11.9. The van der Waals surface area contributed by atoms with Crippen LogP contribution in [0.2, 0.25) is 5.02 Å². The van der Waals surface area contributed by atoms with Crippen molar-refractivity contribution in [1.82, 2.24) is 10.2 Å². The molecule has 1 N–H and O–H groups in total. The van der Waals surface area contributed by atoms with Crippen LogP contribution in [-0.4, -0.2) is 29.3 Å². The van der Waals surface area contributed by atoms with Crippen LogP contribution >= 0.6 is 27.5 Å². The van der Waals surface area contributed by atoms with Crippen molar-refractivity contribution in [3.8, 4) is 0 Å². The average molecular weight is 466 g/mol. The van der Waals surface area contributed by atoms with E-state index in [1.165, 1.54) is 0 Å². The van der Waals surface area contributed by atoms with Crippen molar-refractivity contribution >= 4 is 39.3 Å². The summed E-state index contributed by atoms with van der Waals surface area (Å²) in [4.78, 5) is 27.3. The lowest BCUT2D eigenvalue weighted by molar-refractivity contribution is -0.140. The first-order chi connectivity index (χ1) is 13.3. The van der Waals surface area contributed by atoms with Gasteiger partial charge in [-0.1, -0.05) is 71.7 Å². The molecule has 0 aliphatic rings. The minimum atomic E-state index is -0.586. The lowest BCUT2D eigenvalue weighted by Gasteiger charge is -2.29. The zero-order valence-electron chi connectivity index (χ0n) is 16.4. The highest BCUT2D eigenvalue weighted by molar-refractivity contribution is 9.10. The average Bonchev–Trinajstić information content (AvgIpc) is 2.66. The van der Waals surface area contributed by atoms with Crippen molar-refractivity contribution in [3.05, 3.63) is 69.2 Å². The van der Waals surface area contributed by atoms with Crippen LogP contribution < -0.4 is 5.32 Å². The summed E-state index contributed by atoms with van der Waals surface area (Å²) in [6, 6.07) is 14.4. The van der Waals surface area contributed by atoms with Gasteiger partial charge in [0, 0.05) is 22.6 Å². The second-order valence-corrected chi connectivity index (χ2v) is 8.55. The molecule has 2 aromatic rings. The van der Waals surface area contributed by atoms with Crippen molar-refractivity contribution in [3.63, 3.8) is 0 Å². The summed E-state index contributed by atoms with van der Waals surface area (Å²) >= 11 is 9.64. The maximum absolute atomic E-state index is 13.1. The van der Waals surface area contributed by atoms with Gasteiger partial charge < -0.3 is 10.2 Å². The second kappa shape index (κ2) is 10.6. The minimum absolute atomic E-state index is 0.136. The lowest BCUT2D eigenvalue weighted by Crippen LogP contribution is -2.48. The standard InChI is InChI=1S/C22H26BrClN2O2/c1-15(2)13-25-22(28)16(3)26(14-17-8-10-19(23)11-9-17)21(27)12-18-6-4-5-7-20(18)24/h4-11,15-16H,12-14H2,1-3H3,(H,25,28)/t16-/m0/s1. The van der Waals surface area contributed by atoms with Crippen LogP contribution in [0.3, 0.4) is 0 Å².